The number of aromatic nitrogens is 2. The molecule has 4 rings (SSSR count). The van der Waals surface area contributed by atoms with E-state index in [9.17, 15) is 18.4 Å². The molecule has 1 N–H and O–H groups in total. The number of hydrogen-bond donors (Lipinski definition) is 1. The van der Waals surface area contributed by atoms with Gasteiger partial charge in [-0.15, -0.1) is 11.3 Å². The van der Waals surface area contributed by atoms with Gasteiger partial charge in [-0.25, -0.2) is 18.6 Å². The Morgan fingerprint density at radius 1 is 1.36 bits per heavy atom. The van der Waals surface area contributed by atoms with Gasteiger partial charge in [-0.2, -0.15) is 0 Å². The first-order chi connectivity index (χ1) is 13.3. The number of carbonyl (C=O) groups excluding carboxylic acids is 1. The van der Waals surface area contributed by atoms with Gasteiger partial charge in [0.05, 0.1) is 5.39 Å². The highest BCUT2D eigenvalue weighted by atomic mass is 32.1. The minimum atomic E-state index is -1.15. The number of benzene rings is 1. The van der Waals surface area contributed by atoms with E-state index in [1.807, 2.05) is 0 Å². The highest BCUT2D eigenvalue weighted by Gasteiger charge is 2.26. The molecule has 5 nitrogen and oxygen atoms in total. The van der Waals surface area contributed by atoms with Gasteiger partial charge in [0.2, 0.25) is 0 Å². The lowest BCUT2D eigenvalue weighted by molar-refractivity contribution is 0.0309. The highest BCUT2D eigenvalue weighted by Crippen LogP contribution is 2.36. The number of nitrogens with zero attached hydrogens (tertiary/aromatic N) is 1. The van der Waals surface area contributed by atoms with Crippen LogP contribution in [0.3, 0.4) is 0 Å². The first-order valence-electron chi connectivity index (χ1n) is 9.04. The van der Waals surface area contributed by atoms with Crippen molar-refractivity contribution in [2.24, 2.45) is 5.92 Å². The second-order valence-electron chi connectivity index (χ2n) is 7.13. The molecule has 8 heteroatoms. The van der Waals surface area contributed by atoms with Crippen molar-refractivity contribution in [2.75, 3.05) is 0 Å². The third kappa shape index (κ3) is 3.22. The maximum absolute atomic E-state index is 13.8. The molecule has 0 unspecified atom stereocenters. The minimum Gasteiger partial charge on any atom is -0.451 e. The van der Waals surface area contributed by atoms with E-state index in [0.29, 0.717) is 16.1 Å². The number of ether oxygens (including phenoxy) is 1. The van der Waals surface area contributed by atoms with Crippen molar-refractivity contribution < 1.29 is 18.3 Å². The Labute approximate surface area is 163 Å². The number of rotatable bonds is 3. The summed E-state index contributed by atoms with van der Waals surface area (Å²) in [5.74, 6) is -2.45. The highest BCUT2D eigenvalue weighted by molar-refractivity contribution is 7.18. The summed E-state index contributed by atoms with van der Waals surface area (Å²) in [4.78, 5) is 33.7. The molecule has 0 spiro atoms. The predicted octanol–water partition coefficient (Wildman–Crippen LogP) is 4.31. The summed E-state index contributed by atoms with van der Waals surface area (Å²) >= 11 is 1.48. The summed E-state index contributed by atoms with van der Waals surface area (Å²) < 4.78 is 32.7. The van der Waals surface area contributed by atoms with Gasteiger partial charge >= 0.3 is 5.97 Å². The fraction of sp³-hybridized carbons (Fsp3) is 0.350. The maximum atomic E-state index is 13.8. The summed E-state index contributed by atoms with van der Waals surface area (Å²) in [6.07, 6.45) is 1.82. The first kappa shape index (κ1) is 18.7. The Kier molecular flexibility index (Phi) is 4.74. The van der Waals surface area contributed by atoms with Gasteiger partial charge in [-0.1, -0.05) is 13.0 Å². The molecule has 0 bridgehead atoms. The van der Waals surface area contributed by atoms with Crippen molar-refractivity contribution >= 4 is 27.5 Å². The standard InChI is InChI=1S/C20H18F2N2O3S/c1-9-6-7-11-14(8-9)28-19-15(11)18(25)23-17(24-19)10(2)27-20(26)16-12(21)4-3-5-13(16)22/h3-5,9-10H,6-8H2,1-2H3,(H,23,24,25)/t9-,10-/m1/s1. The van der Waals surface area contributed by atoms with Crippen LogP contribution in [0, 0.1) is 17.6 Å². The molecule has 0 saturated heterocycles. The molecule has 3 aromatic rings. The lowest BCUT2D eigenvalue weighted by atomic mass is 9.89. The molecule has 146 valence electrons. The van der Waals surface area contributed by atoms with Crippen molar-refractivity contribution in [3.05, 3.63) is 62.0 Å². The summed E-state index contributed by atoms with van der Waals surface area (Å²) in [5.41, 5.74) is 0.00171. The molecular formula is C20H18F2N2O3S. The molecule has 0 saturated carbocycles. The largest absolute Gasteiger partial charge is 0.451 e. The molecule has 0 fully saturated rings. The number of fused-ring (bicyclic) bond motifs is 3. The molecule has 1 aromatic carbocycles. The molecule has 0 amide bonds. The summed E-state index contributed by atoms with van der Waals surface area (Å²) in [5, 5.41) is 0.592. The van der Waals surface area contributed by atoms with Crippen LogP contribution in [-0.4, -0.2) is 15.9 Å². The molecule has 0 aliphatic heterocycles. The average Bonchev–Trinajstić information content (AvgIpc) is 2.99. The smallest absolute Gasteiger partial charge is 0.344 e. The number of thiophene rings is 1. The second-order valence-corrected chi connectivity index (χ2v) is 8.21. The van der Waals surface area contributed by atoms with Gasteiger partial charge < -0.3 is 9.72 Å². The number of hydrogen-bond acceptors (Lipinski definition) is 5. The van der Waals surface area contributed by atoms with Crippen molar-refractivity contribution in [3.63, 3.8) is 0 Å². The van der Waals surface area contributed by atoms with E-state index in [-0.39, 0.29) is 11.4 Å². The number of carbonyl (C=O) groups is 1. The molecule has 28 heavy (non-hydrogen) atoms. The van der Waals surface area contributed by atoms with E-state index in [2.05, 4.69) is 16.9 Å². The van der Waals surface area contributed by atoms with Gasteiger partial charge in [-0.05, 0) is 49.8 Å². The normalized spacial score (nSPS) is 17.4. The predicted molar refractivity (Wildman–Crippen MR) is 102 cm³/mol. The van der Waals surface area contributed by atoms with E-state index in [4.69, 9.17) is 4.74 Å². The second kappa shape index (κ2) is 7.09. The summed E-state index contributed by atoms with van der Waals surface area (Å²) in [6, 6.07) is 3.12. The van der Waals surface area contributed by atoms with Crippen LogP contribution in [0.25, 0.3) is 10.2 Å². The number of esters is 1. The van der Waals surface area contributed by atoms with Gasteiger partial charge in [0.25, 0.3) is 5.56 Å². The zero-order valence-corrected chi connectivity index (χ0v) is 16.2. The van der Waals surface area contributed by atoms with Crippen molar-refractivity contribution in [1.82, 2.24) is 9.97 Å². The fourth-order valence-electron chi connectivity index (χ4n) is 3.53. The van der Waals surface area contributed by atoms with Crippen LogP contribution in [-0.2, 0) is 17.6 Å². The number of halogens is 2. The van der Waals surface area contributed by atoms with Gasteiger partial charge in [0.15, 0.2) is 11.9 Å². The fourth-order valence-corrected chi connectivity index (χ4v) is 4.92. The van der Waals surface area contributed by atoms with Crippen LogP contribution in [0.1, 0.15) is 53.0 Å². The lowest BCUT2D eigenvalue weighted by Gasteiger charge is -2.17. The van der Waals surface area contributed by atoms with Crippen LogP contribution in [0.2, 0.25) is 0 Å². The summed E-state index contributed by atoms with van der Waals surface area (Å²) in [6.45, 7) is 3.68. The SMILES string of the molecule is C[C@@H]1CCc2c(sc3nc([C@@H](C)OC(=O)c4c(F)cccc4F)[nH]c(=O)c23)C1. The topological polar surface area (TPSA) is 72.0 Å². The van der Waals surface area contributed by atoms with Crippen LogP contribution in [0.4, 0.5) is 8.78 Å². The van der Waals surface area contributed by atoms with E-state index >= 15 is 0 Å². The van der Waals surface area contributed by atoms with E-state index in [0.717, 1.165) is 43.0 Å². The molecule has 0 radical (unpaired) electrons. The van der Waals surface area contributed by atoms with Crippen LogP contribution in [0.15, 0.2) is 23.0 Å². The zero-order chi connectivity index (χ0) is 20.0. The third-order valence-electron chi connectivity index (χ3n) is 5.02. The Hall–Kier alpha value is -2.61. The van der Waals surface area contributed by atoms with Gasteiger partial charge in [0.1, 0.15) is 22.0 Å². The first-order valence-corrected chi connectivity index (χ1v) is 9.86. The maximum Gasteiger partial charge on any atom is 0.344 e. The van der Waals surface area contributed by atoms with Crippen molar-refractivity contribution in [2.45, 2.75) is 39.2 Å². The third-order valence-corrected chi connectivity index (χ3v) is 6.17. The lowest BCUT2D eigenvalue weighted by Crippen LogP contribution is -2.19. The number of nitrogens with one attached hydrogen (secondary N) is 1. The van der Waals surface area contributed by atoms with Crippen molar-refractivity contribution in [3.8, 4) is 0 Å². The van der Waals surface area contributed by atoms with Crippen LogP contribution >= 0.6 is 11.3 Å². The van der Waals surface area contributed by atoms with Crippen LogP contribution < -0.4 is 5.56 Å². The molecule has 1 aliphatic rings. The van der Waals surface area contributed by atoms with Gasteiger partial charge in [-0.3, -0.25) is 4.79 Å². The molecule has 2 aromatic heterocycles. The van der Waals surface area contributed by atoms with Gasteiger partial charge in [0, 0.05) is 4.88 Å². The molecule has 2 atom stereocenters. The molecule has 2 heterocycles. The summed E-state index contributed by atoms with van der Waals surface area (Å²) in [7, 11) is 0. The Morgan fingerprint density at radius 3 is 2.79 bits per heavy atom. The Balaban J connectivity index is 1.66. The zero-order valence-electron chi connectivity index (χ0n) is 15.3. The number of H-pyrrole nitrogens is 1. The van der Waals surface area contributed by atoms with E-state index < -0.39 is 29.3 Å². The number of aryl methyl sites for hydroxylation is 1. The number of aromatic amines is 1. The Bertz CT molecular complexity index is 1120. The Morgan fingerprint density at radius 2 is 2.07 bits per heavy atom. The van der Waals surface area contributed by atoms with Crippen molar-refractivity contribution in [1.29, 1.82) is 0 Å². The monoisotopic (exact) mass is 404 g/mol. The molecular weight excluding hydrogens is 386 g/mol. The molecule has 1 aliphatic carbocycles. The van der Waals surface area contributed by atoms with E-state index in [1.54, 1.807) is 0 Å². The van der Waals surface area contributed by atoms with E-state index in [1.165, 1.54) is 23.1 Å². The van der Waals surface area contributed by atoms with Crippen LogP contribution in [0.5, 0.6) is 0 Å². The average molecular weight is 404 g/mol. The minimum absolute atomic E-state index is 0.147. The quantitative estimate of drug-likeness (QED) is 0.661.